The molecule has 2 aliphatic rings. The maximum absolute atomic E-state index is 12.7. The third kappa shape index (κ3) is 5.96. The number of hydrogen-bond donors (Lipinski definition) is 0. The molecule has 186 valence electrons. The fourth-order valence-corrected chi connectivity index (χ4v) is 5.64. The lowest BCUT2D eigenvalue weighted by Crippen LogP contribution is -2.49. The van der Waals surface area contributed by atoms with Gasteiger partial charge in [0, 0.05) is 51.5 Å². The van der Waals surface area contributed by atoms with Crippen molar-refractivity contribution in [3.05, 3.63) is 87.6 Å². The van der Waals surface area contributed by atoms with Crippen LogP contribution in [0.4, 0.5) is 5.69 Å². The van der Waals surface area contributed by atoms with E-state index >= 15 is 0 Å². The third-order valence-electron chi connectivity index (χ3n) is 7.06. The standard InChI is InChI=1S/C29H32N4O2S/c30-20-23-8-10-24(11-9-23)22-35-27(25-5-3-6-26(19-25)32-12-1-2-13-32)21-31-14-16-33(17-15-31)29(34)28-7-4-18-36-28/h3-11,18-19,27H,1-2,12-17,21-22H2/t27-/m1/s1. The first-order valence-electron chi connectivity index (χ1n) is 12.7. The number of nitrogens with zero attached hydrogens (tertiary/aromatic N) is 4. The molecule has 0 aliphatic carbocycles. The molecule has 1 atom stereocenters. The van der Waals surface area contributed by atoms with Crippen molar-refractivity contribution in [3.8, 4) is 6.07 Å². The van der Waals surface area contributed by atoms with Gasteiger partial charge in [0.1, 0.15) is 0 Å². The molecule has 2 aliphatic heterocycles. The van der Waals surface area contributed by atoms with Crippen molar-refractivity contribution in [3.63, 3.8) is 0 Å². The molecule has 7 heteroatoms. The first kappa shape index (κ1) is 24.5. The predicted molar refractivity (Wildman–Crippen MR) is 143 cm³/mol. The first-order chi connectivity index (χ1) is 17.7. The lowest BCUT2D eigenvalue weighted by molar-refractivity contribution is 0.00349. The molecular formula is C29H32N4O2S. The molecule has 0 bridgehead atoms. The summed E-state index contributed by atoms with van der Waals surface area (Å²) in [4.78, 5) is 20.4. The summed E-state index contributed by atoms with van der Waals surface area (Å²) in [6.45, 7) is 6.61. The molecule has 0 saturated carbocycles. The van der Waals surface area contributed by atoms with E-state index in [9.17, 15) is 4.79 Å². The number of benzene rings is 2. The molecule has 2 aromatic carbocycles. The maximum atomic E-state index is 12.7. The summed E-state index contributed by atoms with van der Waals surface area (Å²) in [5, 5.41) is 11.0. The van der Waals surface area contributed by atoms with Crippen LogP contribution in [0.5, 0.6) is 0 Å². The average Bonchev–Trinajstić information content (AvgIpc) is 3.67. The van der Waals surface area contributed by atoms with Gasteiger partial charge in [-0.2, -0.15) is 5.26 Å². The van der Waals surface area contributed by atoms with Crippen LogP contribution in [0.3, 0.4) is 0 Å². The smallest absolute Gasteiger partial charge is 0.264 e. The highest BCUT2D eigenvalue weighted by atomic mass is 32.1. The highest BCUT2D eigenvalue weighted by Crippen LogP contribution is 2.28. The molecule has 3 aromatic rings. The number of anilines is 1. The number of ether oxygens (including phenoxy) is 1. The maximum Gasteiger partial charge on any atom is 0.264 e. The summed E-state index contributed by atoms with van der Waals surface area (Å²) in [7, 11) is 0. The summed E-state index contributed by atoms with van der Waals surface area (Å²) < 4.78 is 6.52. The van der Waals surface area contributed by atoms with E-state index in [-0.39, 0.29) is 12.0 Å². The van der Waals surface area contributed by atoms with Crippen molar-refractivity contribution in [2.75, 3.05) is 50.7 Å². The largest absolute Gasteiger partial charge is 0.372 e. The minimum absolute atomic E-state index is 0.0808. The van der Waals surface area contributed by atoms with Crippen molar-refractivity contribution in [2.24, 2.45) is 0 Å². The number of amides is 1. The number of carbonyl (C=O) groups is 1. The van der Waals surface area contributed by atoms with Crippen LogP contribution in [-0.4, -0.2) is 61.5 Å². The van der Waals surface area contributed by atoms with Gasteiger partial charge in [0.2, 0.25) is 0 Å². The number of piperazine rings is 1. The van der Waals surface area contributed by atoms with E-state index in [0.717, 1.165) is 56.3 Å². The van der Waals surface area contributed by atoms with Gasteiger partial charge in [0.05, 0.1) is 29.2 Å². The number of carbonyl (C=O) groups excluding carboxylic acids is 1. The summed E-state index contributed by atoms with van der Waals surface area (Å²) >= 11 is 1.51. The van der Waals surface area contributed by atoms with E-state index in [2.05, 4.69) is 40.1 Å². The highest BCUT2D eigenvalue weighted by Gasteiger charge is 2.26. The van der Waals surface area contributed by atoms with Gasteiger partial charge in [-0.1, -0.05) is 30.3 Å². The number of nitriles is 1. The van der Waals surface area contributed by atoms with Gasteiger partial charge in [-0.3, -0.25) is 9.69 Å². The van der Waals surface area contributed by atoms with Crippen LogP contribution in [0.2, 0.25) is 0 Å². The van der Waals surface area contributed by atoms with E-state index in [4.69, 9.17) is 10.00 Å². The molecule has 0 spiro atoms. The first-order valence-corrected chi connectivity index (χ1v) is 13.6. The van der Waals surface area contributed by atoms with Crippen LogP contribution in [0.15, 0.2) is 66.0 Å². The minimum Gasteiger partial charge on any atom is -0.372 e. The zero-order valence-corrected chi connectivity index (χ0v) is 21.3. The van der Waals surface area contributed by atoms with Gasteiger partial charge < -0.3 is 14.5 Å². The van der Waals surface area contributed by atoms with Crippen molar-refractivity contribution >= 4 is 22.9 Å². The van der Waals surface area contributed by atoms with E-state index in [1.807, 2.05) is 46.7 Å². The summed E-state index contributed by atoms with van der Waals surface area (Å²) in [6, 6.07) is 22.4. The van der Waals surface area contributed by atoms with E-state index < -0.39 is 0 Å². The molecule has 2 fully saturated rings. The molecule has 0 radical (unpaired) electrons. The van der Waals surface area contributed by atoms with Gasteiger partial charge in [0.25, 0.3) is 5.91 Å². The number of thiophene rings is 1. The molecule has 3 heterocycles. The second kappa shape index (κ2) is 11.7. The Morgan fingerprint density at radius 1 is 0.972 bits per heavy atom. The Labute approximate surface area is 217 Å². The number of rotatable bonds is 8. The zero-order valence-electron chi connectivity index (χ0n) is 20.5. The highest BCUT2D eigenvalue weighted by molar-refractivity contribution is 7.12. The Morgan fingerprint density at radius 2 is 1.75 bits per heavy atom. The third-order valence-corrected chi connectivity index (χ3v) is 7.92. The van der Waals surface area contributed by atoms with Crippen LogP contribution in [-0.2, 0) is 11.3 Å². The van der Waals surface area contributed by atoms with Crippen LogP contribution in [0.1, 0.15) is 45.3 Å². The lowest BCUT2D eigenvalue weighted by Gasteiger charge is -2.36. The van der Waals surface area contributed by atoms with Crippen LogP contribution in [0.25, 0.3) is 0 Å². The monoisotopic (exact) mass is 500 g/mol. The van der Waals surface area contributed by atoms with Gasteiger partial charge in [-0.05, 0) is 59.7 Å². The predicted octanol–water partition coefficient (Wildman–Crippen LogP) is 4.94. The van der Waals surface area contributed by atoms with E-state index in [0.29, 0.717) is 12.2 Å². The molecule has 36 heavy (non-hydrogen) atoms. The number of hydrogen-bond acceptors (Lipinski definition) is 6. The van der Waals surface area contributed by atoms with Gasteiger partial charge in [-0.15, -0.1) is 11.3 Å². The Kier molecular flexibility index (Phi) is 7.97. The Balaban J connectivity index is 1.27. The second-order valence-corrected chi connectivity index (χ2v) is 10.4. The topological polar surface area (TPSA) is 59.8 Å². The summed E-state index contributed by atoms with van der Waals surface area (Å²) in [5.74, 6) is 0.136. The van der Waals surface area contributed by atoms with Crippen LogP contribution >= 0.6 is 11.3 Å². The molecule has 6 nitrogen and oxygen atoms in total. The van der Waals surface area contributed by atoms with Crippen molar-refractivity contribution in [1.82, 2.24) is 9.80 Å². The molecule has 2 saturated heterocycles. The normalized spacial score (nSPS) is 17.2. The zero-order chi connectivity index (χ0) is 24.7. The second-order valence-electron chi connectivity index (χ2n) is 9.47. The molecule has 1 aromatic heterocycles. The van der Waals surface area contributed by atoms with Crippen molar-refractivity contribution < 1.29 is 9.53 Å². The van der Waals surface area contributed by atoms with Gasteiger partial charge in [-0.25, -0.2) is 0 Å². The minimum atomic E-state index is -0.0808. The van der Waals surface area contributed by atoms with E-state index in [1.54, 1.807) is 0 Å². The molecular weight excluding hydrogens is 468 g/mol. The lowest BCUT2D eigenvalue weighted by atomic mass is 10.1. The van der Waals surface area contributed by atoms with Crippen molar-refractivity contribution in [2.45, 2.75) is 25.6 Å². The Hall–Kier alpha value is -3.18. The van der Waals surface area contributed by atoms with E-state index in [1.165, 1.54) is 35.4 Å². The SMILES string of the molecule is N#Cc1ccc(CO[C@H](CN2CCN(C(=O)c3cccs3)CC2)c2cccc(N3CCCC3)c2)cc1. The fourth-order valence-electron chi connectivity index (χ4n) is 4.95. The Morgan fingerprint density at radius 3 is 2.44 bits per heavy atom. The molecule has 0 unspecified atom stereocenters. The quantitative estimate of drug-likeness (QED) is 0.439. The fraction of sp³-hybridized carbons (Fsp3) is 0.379. The van der Waals surface area contributed by atoms with Gasteiger partial charge >= 0.3 is 0 Å². The average molecular weight is 501 g/mol. The molecule has 0 N–H and O–H groups in total. The van der Waals surface area contributed by atoms with Crippen molar-refractivity contribution in [1.29, 1.82) is 5.26 Å². The summed E-state index contributed by atoms with van der Waals surface area (Å²) in [6.07, 6.45) is 2.41. The Bertz CT molecular complexity index is 1170. The molecule has 5 rings (SSSR count). The summed E-state index contributed by atoms with van der Waals surface area (Å²) in [5.41, 5.74) is 4.16. The van der Waals surface area contributed by atoms with Crippen LogP contribution in [0, 0.1) is 11.3 Å². The van der Waals surface area contributed by atoms with Gasteiger partial charge in [0.15, 0.2) is 0 Å². The molecule has 1 amide bonds. The van der Waals surface area contributed by atoms with Crippen LogP contribution < -0.4 is 4.90 Å².